The summed E-state index contributed by atoms with van der Waals surface area (Å²) in [6.45, 7) is 3.73. The van der Waals surface area contributed by atoms with Crippen LogP contribution in [0, 0.1) is 6.92 Å². The SMILES string of the molecule is CSCCNC(=NCc1ccc(C)cc1SC)NCC(=O)N(C)C. The topological polar surface area (TPSA) is 56.7 Å². The molecule has 1 aromatic carbocycles. The molecule has 0 bridgehead atoms. The van der Waals surface area contributed by atoms with Crippen molar-refractivity contribution in [1.82, 2.24) is 15.5 Å². The van der Waals surface area contributed by atoms with Crippen molar-refractivity contribution in [1.29, 1.82) is 0 Å². The Hall–Kier alpha value is -1.34. The van der Waals surface area contributed by atoms with E-state index in [1.165, 1.54) is 16.0 Å². The lowest BCUT2D eigenvalue weighted by molar-refractivity contribution is -0.127. The van der Waals surface area contributed by atoms with E-state index >= 15 is 0 Å². The van der Waals surface area contributed by atoms with Crippen LogP contribution in [0.1, 0.15) is 11.1 Å². The van der Waals surface area contributed by atoms with Crippen LogP contribution in [0.4, 0.5) is 0 Å². The molecule has 1 rings (SSSR count). The molecule has 5 nitrogen and oxygen atoms in total. The molecule has 0 aliphatic rings. The molecule has 7 heteroatoms. The van der Waals surface area contributed by atoms with Crippen molar-refractivity contribution >= 4 is 35.4 Å². The number of nitrogens with one attached hydrogen (secondary N) is 2. The fourth-order valence-corrected chi connectivity index (χ4v) is 2.91. The van der Waals surface area contributed by atoms with Gasteiger partial charge in [-0.3, -0.25) is 4.79 Å². The number of guanidine groups is 1. The zero-order valence-electron chi connectivity index (χ0n) is 15.2. The average Bonchev–Trinajstić information content (AvgIpc) is 2.57. The molecule has 0 fully saturated rings. The Bertz CT molecular complexity index is 562. The predicted octanol–water partition coefficient (Wildman–Crippen LogP) is 2.20. The summed E-state index contributed by atoms with van der Waals surface area (Å²) >= 11 is 3.50. The first-order chi connectivity index (χ1) is 11.5. The molecule has 1 aromatic rings. The number of aryl methyl sites for hydroxylation is 1. The monoisotopic (exact) mass is 368 g/mol. The van der Waals surface area contributed by atoms with Crippen LogP contribution < -0.4 is 10.6 Å². The molecular formula is C17H28N4OS2. The molecule has 0 aromatic heterocycles. The average molecular weight is 369 g/mol. The molecule has 0 saturated heterocycles. The highest BCUT2D eigenvalue weighted by Gasteiger charge is 2.07. The third kappa shape index (κ3) is 7.49. The third-order valence-electron chi connectivity index (χ3n) is 3.35. The van der Waals surface area contributed by atoms with Gasteiger partial charge in [-0.2, -0.15) is 11.8 Å². The van der Waals surface area contributed by atoms with Gasteiger partial charge in [0.25, 0.3) is 0 Å². The van der Waals surface area contributed by atoms with Crippen LogP contribution in [0.5, 0.6) is 0 Å². The number of thioether (sulfide) groups is 2. The van der Waals surface area contributed by atoms with Crippen molar-refractivity contribution in [3.63, 3.8) is 0 Å². The summed E-state index contributed by atoms with van der Waals surface area (Å²) in [6.07, 6.45) is 4.15. The fraction of sp³-hybridized carbons (Fsp3) is 0.529. The molecule has 2 N–H and O–H groups in total. The number of hydrogen-bond donors (Lipinski definition) is 2. The van der Waals surface area contributed by atoms with E-state index in [4.69, 9.17) is 0 Å². The molecular weight excluding hydrogens is 340 g/mol. The van der Waals surface area contributed by atoms with E-state index in [-0.39, 0.29) is 12.5 Å². The van der Waals surface area contributed by atoms with Crippen molar-refractivity contribution < 1.29 is 4.79 Å². The Balaban J connectivity index is 2.77. The van der Waals surface area contributed by atoms with Crippen LogP contribution in [0.25, 0.3) is 0 Å². The molecule has 0 aliphatic heterocycles. The second kappa shape index (κ2) is 11.3. The molecule has 0 saturated carbocycles. The van der Waals surface area contributed by atoms with Gasteiger partial charge in [0.15, 0.2) is 5.96 Å². The van der Waals surface area contributed by atoms with Gasteiger partial charge in [0.05, 0.1) is 13.1 Å². The van der Waals surface area contributed by atoms with Gasteiger partial charge in [-0.15, -0.1) is 11.8 Å². The minimum Gasteiger partial charge on any atom is -0.356 e. The second-order valence-corrected chi connectivity index (χ2v) is 7.38. The number of amides is 1. The highest BCUT2D eigenvalue weighted by atomic mass is 32.2. The first-order valence-corrected chi connectivity index (χ1v) is 10.4. The van der Waals surface area contributed by atoms with Gasteiger partial charge in [-0.05, 0) is 36.6 Å². The third-order valence-corrected chi connectivity index (χ3v) is 4.79. The summed E-state index contributed by atoms with van der Waals surface area (Å²) in [5, 5.41) is 6.39. The highest BCUT2D eigenvalue weighted by Crippen LogP contribution is 2.22. The largest absolute Gasteiger partial charge is 0.356 e. The van der Waals surface area contributed by atoms with Crippen molar-refractivity contribution in [2.45, 2.75) is 18.4 Å². The van der Waals surface area contributed by atoms with E-state index in [9.17, 15) is 4.79 Å². The number of hydrogen-bond acceptors (Lipinski definition) is 4. The molecule has 0 heterocycles. The quantitative estimate of drug-likeness (QED) is 0.319. The van der Waals surface area contributed by atoms with Crippen LogP contribution in [0.2, 0.25) is 0 Å². The lowest BCUT2D eigenvalue weighted by Gasteiger charge is -2.15. The molecule has 24 heavy (non-hydrogen) atoms. The standard InChI is InChI=1S/C17H28N4OS2/c1-13-6-7-14(15(10-13)24-5)11-19-17(18-8-9-23-4)20-12-16(22)21(2)3/h6-7,10H,8-9,11-12H2,1-5H3,(H2,18,19,20). The smallest absolute Gasteiger partial charge is 0.241 e. The summed E-state index contributed by atoms with van der Waals surface area (Å²) in [4.78, 5) is 19.2. The number of benzene rings is 1. The first kappa shape index (κ1) is 20.7. The Morgan fingerprint density at radius 1 is 1.25 bits per heavy atom. The Morgan fingerprint density at radius 2 is 2.00 bits per heavy atom. The van der Waals surface area contributed by atoms with Crippen LogP contribution >= 0.6 is 23.5 Å². The lowest BCUT2D eigenvalue weighted by atomic mass is 10.1. The zero-order chi connectivity index (χ0) is 17.9. The van der Waals surface area contributed by atoms with E-state index in [1.807, 2.05) is 0 Å². The molecule has 0 atom stereocenters. The van der Waals surface area contributed by atoms with Gasteiger partial charge in [0.2, 0.25) is 5.91 Å². The van der Waals surface area contributed by atoms with Crippen LogP contribution in [0.15, 0.2) is 28.1 Å². The summed E-state index contributed by atoms with van der Waals surface area (Å²) in [6, 6.07) is 6.41. The number of rotatable bonds is 8. The van der Waals surface area contributed by atoms with Gasteiger partial charge in [0.1, 0.15) is 0 Å². The van der Waals surface area contributed by atoms with Crippen molar-refractivity contribution in [3.05, 3.63) is 29.3 Å². The summed E-state index contributed by atoms with van der Waals surface area (Å²) in [5.74, 6) is 1.68. The normalized spacial score (nSPS) is 11.3. The van der Waals surface area contributed by atoms with E-state index in [1.54, 1.807) is 42.5 Å². The summed E-state index contributed by atoms with van der Waals surface area (Å²) in [7, 11) is 3.50. The predicted molar refractivity (Wildman–Crippen MR) is 107 cm³/mol. The maximum Gasteiger partial charge on any atom is 0.241 e. The van der Waals surface area contributed by atoms with Gasteiger partial charge >= 0.3 is 0 Å². The maximum absolute atomic E-state index is 11.8. The fourth-order valence-electron chi connectivity index (χ4n) is 1.91. The van der Waals surface area contributed by atoms with Crippen LogP contribution in [0.3, 0.4) is 0 Å². The Kier molecular flexibility index (Phi) is 9.71. The molecule has 0 unspecified atom stereocenters. The second-order valence-electron chi connectivity index (χ2n) is 5.54. The number of aliphatic imine (C=N–C) groups is 1. The van der Waals surface area contributed by atoms with Gasteiger partial charge < -0.3 is 15.5 Å². The van der Waals surface area contributed by atoms with Gasteiger partial charge in [0, 0.05) is 31.3 Å². The molecule has 0 radical (unpaired) electrons. The lowest BCUT2D eigenvalue weighted by Crippen LogP contribution is -2.43. The van der Waals surface area contributed by atoms with Crippen LogP contribution in [-0.4, -0.2) is 62.2 Å². The Labute approximate surface area is 154 Å². The molecule has 0 aliphatic carbocycles. The summed E-state index contributed by atoms with van der Waals surface area (Å²) < 4.78 is 0. The first-order valence-electron chi connectivity index (χ1n) is 7.82. The minimum atomic E-state index is 0.0227. The van der Waals surface area contributed by atoms with Crippen molar-refractivity contribution in [2.75, 3.05) is 45.4 Å². The van der Waals surface area contributed by atoms with E-state index in [2.05, 4.69) is 53.3 Å². The maximum atomic E-state index is 11.8. The number of carbonyl (C=O) groups is 1. The molecule has 1 amide bonds. The summed E-state index contributed by atoms with van der Waals surface area (Å²) in [5.41, 5.74) is 2.44. The van der Waals surface area contributed by atoms with E-state index < -0.39 is 0 Å². The minimum absolute atomic E-state index is 0.0227. The number of likely N-dealkylation sites (N-methyl/N-ethyl adjacent to an activating group) is 1. The zero-order valence-corrected chi connectivity index (χ0v) is 16.8. The van der Waals surface area contributed by atoms with E-state index in [0.717, 1.165) is 12.3 Å². The van der Waals surface area contributed by atoms with E-state index in [0.29, 0.717) is 12.5 Å². The van der Waals surface area contributed by atoms with Crippen molar-refractivity contribution in [3.8, 4) is 0 Å². The molecule has 0 spiro atoms. The number of nitrogens with zero attached hydrogens (tertiary/aromatic N) is 2. The number of carbonyl (C=O) groups excluding carboxylic acids is 1. The van der Waals surface area contributed by atoms with Crippen LogP contribution in [-0.2, 0) is 11.3 Å². The Morgan fingerprint density at radius 3 is 2.62 bits per heavy atom. The van der Waals surface area contributed by atoms with Gasteiger partial charge in [-0.25, -0.2) is 4.99 Å². The van der Waals surface area contributed by atoms with Crippen molar-refractivity contribution in [2.24, 2.45) is 4.99 Å². The van der Waals surface area contributed by atoms with Gasteiger partial charge in [-0.1, -0.05) is 12.1 Å². The highest BCUT2D eigenvalue weighted by molar-refractivity contribution is 7.98. The molecule has 134 valence electrons.